The van der Waals surface area contributed by atoms with Crippen molar-refractivity contribution in [2.75, 3.05) is 33.7 Å². The second-order valence-electron chi connectivity index (χ2n) is 5.50. The van der Waals surface area contributed by atoms with Crippen molar-refractivity contribution in [2.24, 2.45) is 0 Å². The third kappa shape index (κ3) is 5.31. The Balaban J connectivity index is 2.88. The van der Waals surface area contributed by atoms with Crippen molar-refractivity contribution in [1.29, 1.82) is 0 Å². The molecule has 112 valence electrons. The summed E-state index contributed by atoms with van der Waals surface area (Å²) in [5.74, 6) is -0.769. The summed E-state index contributed by atoms with van der Waals surface area (Å²) in [5, 5.41) is 9.13. The van der Waals surface area contributed by atoms with Gasteiger partial charge in [0.15, 0.2) is 0 Å². The minimum atomic E-state index is -0.769. The van der Waals surface area contributed by atoms with Gasteiger partial charge in [-0.25, -0.2) is 0 Å². The number of aryl methyl sites for hydroxylation is 1. The molecular weight excluding hydrogens is 252 g/mol. The van der Waals surface area contributed by atoms with E-state index in [1.165, 1.54) is 11.1 Å². The Morgan fingerprint density at radius 2 is 1.80 bits per heavy atom. The lowest BCUT2D eigenvalue weighted by molar-refractivity contribution is -0.139. The summed E-state index contributed by atoms with van der Waals surface area (Å²) in [6.07, 6.45) is 0.907. The summed E-state index contributed by atoms with van der Waals surface area (Å²) >= 11 is 0. The van der Waals surface area contributed by atoms with Gasteiger partial charge in [-0.1, -0.05) is 36.8 Å². The molecule has 1 rings (SSSR count). The van der Waals surface area contributed by atoms with Gasteiger partial charge < -0.3 is 10.0 Å². The highest BCUT2D eigenvalue weighted by molar-refractivity contribution is 5.69. The maximum Gasteiger partial charge on any atom is 0.317 e. The van der Waals surface area contributed by atoms with Crippen molar-refractivity contribution < 1.29 is 9.90 Å². The average Bonchev–Trinajstić information content (AvgIpc) is 2.38. The van der Waals surface area contributed by atoms with E-state index in [-0.39, 0.29) is 12.6 Å². The number of hydrogen-bond donors (Lipinski definition) is 1. The highest BCUT2D eigenvalue weighted by Gasteiger charge is 2.20. The van der Waals surface area contributed by atoms with Crippen LogP contribution in [0.1, 0.15) is 30.5 Å². The fourth-order valence-corrected chi connectivity index (χ4v) is 2.34. The van der Waals surface area contributed by atoms with Crippen molar-refractivity contribution in [3.63, 3.8) is 0 Å². The fourth-order valence-electron chi connectivity index (χ4n) is 2.34. The number of benzene rings is 1. The molecule has 4 nitrogen and oxygen atoms in total. The lowest BCUT2D eigenvalue weighted by Crippen LogP contribution is -2.38. The molecule has 1 N–H and O–H groups in total. The zero-order chi connectivity index (χ0) is 15.1. The number of aliphatic carboxylic acids is 1. The predicted octanol–water partition coefficient (Wildman–Crippen LogP) is 2.39. The number of hydrogen-bond acceptors (Lipinski definition) is 3. The van der Waals surface area contributed by atoms with E-state index in [9.17, 15) is 4.79 Å². The first-order chi connectivity index (χ1) is 9.43. The van der Waals surface area contributed by atoms with Crippen molar-refractivity contribution in [2.45, 2.75) is 26.3 Å². The number of likely N-dealkylation sites (N-methyl/N-ethyl adjacent to an activating group) is 1. The van der Waals surface area contributed by atoms with Gasteiger partial charge in [-0.3, -0.25) is 9.69 Å². The molecule has 0 spiro atoms. The Morgan fingerprint density at radius 1 is 1.20 bits per heavy atom. The van der Waals surface area contributed by atoms with Crippen LogP contribution in [0.2, 0.25) is 0 Å². The lowest BCUT2D eigenvalue weighted by atomic mass is 10.0. The highest BCUT2D eigenvalue weighted by Crippen LogP contribution is 2.24. The smallest absolute Gasteiger partial charge is 0.317 e. The summed E-state index contributed by atoms with van der Waals surface area (Å²) in [7, 11) is 4.01. The largest absolute Gasteiger partial charge is 0.480 e. The minimum Gasteiger partial charge on any atom is -0.480 e. The van der Waals surface area contributed by atoms with E-state index in [1.807, 2.05) is 19.0 Å². The first kappa shape index (κ1) is 16.7. The molecule has 0 fully saturated rings. The molecule has 0 saturated carbocycles. The molecule has 4 heteroatoms. The number of nitrogens with zero attached hydrogens (tertiary/aromatic N) is 2. The van der Waals surface area contributed by atoms with Crippen LogP contribution in [0.4, 0.5) is 0 Å². The standard InChI is InChI=1S/C16H26N2O2/c1-5-15(14-8-6-13(2)7-9-14)18(12-16(19)20)11-10-17(3)4/h6-9,15H,5,10-12H2,1-4H3,(H,19,20). The Morgan fingerprint density at radius 3 is 2.25 bits per heavy atom. The molecule has 0 aliphatic rings. The summed E-state index contributed by atoms with van der Waals surface area (Å²) in [4.78, 5) is 15.2. The number of carboxylic acids is 1. The van der Waals surface area contributed by atoms with Gasteiger partial charge in [-0.2, -0.15) is 0 Å². The van der Waals surface area contributed by atoms with Crippen LogP contribution in [0.25, 0.3) is 0 Å². The van der Waals surface area contributed by atoms with Crippen LogP contribution in [0, 0.1) is 6.92 Å². The van der Waals surface area contributed by atoms with Gasteiger partial charge in [0, 0.05) is 19.1 Å². The summed E-state index contributed by atoms with van der Waals surface area (Å²) in [6.45, 7) is 5.86. The number of carbonyl (C=O) groups is 1. The van der Waals surface area contributed by atoms with Gasteiger partial charge in [0.2, 0.25) is 0 Å². The first-order valence-electron chi connectivity index (χ1n) is 7.11. The minimum absolute atomic E-state index is 0.0836. The molecule has 0 saturated heterocycles. The molecule has 1 aromatic carbocycles. The molecule has 1 aromatic rings. The topological polar surface area (TPSA) is 43.8 Å². The van der Waals surface area contributed by atoms with Crippen LogP contribution >= 0.6 is 0 Å². The molecule has 0 bridgehead atoms. The van der Waals surface area contributed by atoms with Crippen molar-refractivity contribution in [3.05, 3.63) is 35.4 Å². The molecule has 1 atom stereocenters. The zero-order valence-electron chi connectivity index (χ0n) is 13.0. The van der Waals surface area contributed by atoms with Gasteiger partial charge in [-0.15, -0.1) is 0 Å². The maximum absolute atomic E-state index is 11.1. The molecule has 0 radical (unpaired) electrons. The van der Waals surface area contributed by atoms with E-state index >= 15 is 0 Å². The van der Waals surface area contributed by atoms with Gasteiger partial charge in [-0.05, 0) is 33.0 Å². The SMILES string of the molecule is CCC(c1ccc(C)cc1)N(CCN(C)C)CC(=O)O. The molecule has 0 aliphatic heterocycles. The summed E-state index contributed by atoms with van der Waals surface area (Å²) in [5.41, 5.74) is 2.42. The molecule has 0 aliphatic carbocycles. The normalized spacial score (nSPS) is 12.9. The Kier molecular flexibility index (Phi) is 6.68. The van der Waals surface area contributed by atoms with E-state index in [2.05, 4.69) is 43.0 Å². The Hall–Kier alpha value is -1.39. The molecule has 0 amide bonds. The van der Waals surface area contributed by atoms with E-state index in [4.69, 9.17) is 5.11 Å². The monoisotopic (exact) mass is 278 g/mol. The predicted molar refractivity (Wildman–Crippen MR) is 82.0 cm³/mol. The second-order valence-corrected chi connectivity index (χ2v) is 5.50. The Labute approximate surface area is 122 Å². The van der Waals surface area contributed by atoms with Crippen molar-refractivity contribution >= 4 is 5.97 Å². The van der Waals surface area contributed by atoms with Crippen LogP contribution in [0.5, 0.6) is 0 Å². The van der Waals surface area contributed by atoms with Gasteiger partial charge in [0.1, 0.15) is 0 Å². The van der Waals surface area contributed by atoms with Crippen molar-refractivity contribution in [1.82, 2.24) is 9.80 Å². The van der Waals surface area contributed by atoms with Crippen LogP contribution < -0.4 is 0 Å². The molecule has 20 heavy (non-hydrogen) atoms. The quantitative estimate of drug-likeness (QED) is 0.793. The van der Waals surface area contributed by atoms with Gasteiger partial charge >= 0.3 is 5.97 Å². The van der Waals surface area contributed by atoms with Gasteiger partial charge in [0.05, 0.1) is 6.54 Å². The lowest BCUT2D eigenvalue weighted by Gasteiger charge is -2.31. The van der Waals surface area contributed by atoms with Crippen LogP contribution in [-0.4, -0.2) is 54.6 Å². The average molecular weight is 278 g/mol. The van der Waals surface area contributed by atoms with E-state index in [1.54, 1.807) is 0 Å². The molecule has 0 heterocycles. The molecular formula is C16H26N2O2. The van der Waals surface area contributed by atoms with Crippen LogP contribution in [-0.2, 0) is 4.79 Å². The Bertz CT molecular complexity index is 415. The number of rotatable bonds is 8. The van der Waals surface area contributed by atoms with Crippen LogP contribution in [0.3, 0.4) is 0 Å². The van der Waals surface area contributed by atoms with Crippen molar-refractivity contribution in [3.8, 4) is 0 Å². The third-order valence-corrected chi connectivity index (χ3v) is 3.46. The van der Waals surface area contributed by atoms with Gasteiger partial charge in [0.25, 0.3) is 0 Å². The third-order valence-electron chi connectivity index (χ3n) is 3.46. The maximum atomic E-state index is 11.1. The number of carboxylic acid groups (broad SMARTS) is 1. The van der Waals surface area contributed by atoms with E-state index in [0.29, 0.717) is 0 Å². The summed E-state index contributed by atoms with van der Waals surface area (Å²) in [6, 6.07) is 8.54. The van der Waals surface area contributed by atoms with E-state index in [0.717, 1.165) is 19.5 Å². The van der Waals surface area contributed by atoms with E-state index < -0.39 is 5.97 Å². The highest BCUT2D eigenvalue weighted by atomic mass is 16.4. The first-order valence-corrected chi connectivity index (χ1v) is 7.11. The zero-order valence-corrected chi connectivity index (χ0v) is 13.0. The molecule has 0 aromatic heterocycles. The second kappa shape index (κ2) is 8.02. The fraction of sp³-hybridized carbons (Fsp3) is 0.562. The molecule has 1 unspecified atom stereocenters. The van der Waals surface area contributed by atoms with Crippen LogP contribution in [0.15, 0.2) is 24.3 Å². The summed E-state index contributed by atoms with van der Waals surface area (Å²) < 4.78 is 0.